The van der Waals surface area contributed by atoms with Gasteiger partial charge in [-0.1, -0.05) is 6.92 Å². The van der Waals surface area contributed by atoms with E-state index in [1.165, 1.54) is 16.7 Å². The number of pyridine rings is 1. The van der Waals surface area contributed by atoms with Crippen molar-refractivity contribution in [1.29, 1.82) is 0 Å². The third-order valence-corrected chi connectivity index (χ3v) is 6.97. The van der Waals surface area contributed by atoms with Gasteiger partial charge in [-0.3, -0.25) is 14.8 Å². The fraction of sp³-hybridized carbons (Fsp3) is 0.474. The number of thioether (sulfide) groups is 1. The maximum Gasteiger partial charge on any atom is 0.353 e. The molecule has 1 saturated heterocycles. The van der Waals surface area contributed by atoms with Gasteiger partial charge in [-0.15, -0.1) is 11.8 Å². The molecule has 0 saturated carbocycles. The number of β-lactam (4-membered cyclic amide) rings is 1. The number of fused-ring (bicyclic) bond motifs is 1. The highest BCUT2D eigenvalue weighted by molar-refractivity contribution is 8.03. The number of aromatic nitrogens is 1. The molecule has 1 fully saturated rings. The monoisotopic (exact) mass is 417 g/mol. The molecule has 9 nitrogen and oxygen atoms in total. The van der Waals surface area contributed by atoms with E-state index in [9.17, 15) is 19.8 Å². The van der Waals surface area contributed by atoms with Gasteiger partial charge >= 0.3 is 5.97 Å². The van der Waals surface area contributed by atoms with Gasteiger partial charge in [-0.05, 0) is 19.1 Å². The molecule has 0 radical (unpaired) electrons. The molecule has 1 aromatic heterocycles. The first kappa shape index (κ1) is 19.7. The molecular formula is C19H23N5O4S. The molecule has 0 bridgehead atoms. The molecule has 0 aromatic carbocycles. The van der Waals surface area contributed by atoms with Crippen molar-refractivity contribution in [2.45, 2.75) is 31.2 Å². The Morgan fingerprint density at radius 2 is 2.14 bits per heavy atom. The number of nitrogens with zero attached hydrogens (tertiary/aromatic N) is 3. The summed E-state index contributed by atoms with van der Waals surface area (Å²) in [5, 5.41) is 26.1. The van der Waals surface area contributed by atoms with Crippen LogP contribution < -0.4 is 10.6 Å². The number of nitrogens with one attached hydrogen (secondary N) is 2. The molecular weight excluding hydrogens is 394 g/mol. The first-order chi connectivity index (χ1) is 13.9. The Labute approximate surface area is 172 Å². The van der Waals surface area contributed by atoms with E-state index in [0.717, 1.165) is 5.69 Å². The van der Waals surface area contributed by atoms with Crippen molar-refractivity contribution in [3.63, 3.8) is 0 Å². The molecule has 4 N–H and O–H groups in total. The second kappa shape index (κ2) is 7.68. The number of aliphatic carboxylic acids is 1. The van der Waals surface area contributed by atoms with Crippen molar-refractivity contribution >= 4 is 35.3 Å². The van der Waals surface area contributed by atoms with Crippen LogP contribution in [-0.4, -0.2) is 68.4 Å². The number of rotatable bonds is 5. The van der Waals surface area contributed by atoms with Gasteiger partial charge < -0.3 is 25.7 Å². The fourth-order valence-corrected chi connectivity index (χ4v) is 5.44. The molecule has 1 amide bonds. The van der Waals surface area contributed by atoms with Crippen LogP contribution in [0.3, 0.4) is 0 Å². The van der Waals surface area contributed by atoms with Gasteiger partial charge in [-0.2, -0.15) is 0 Å². The second-order valence-electron chi connectivity index (χ2n) is 7.44. The summed E-state index contributed by atoms with van der Waals surface area (Å²) in [4.78, 5) is 34.8. The summed E-state index contributed by atoms with van der Waals surface area (Å²) in [5.74, 6) is -1.44. The number of anilines is 1. The molecule has 10 heteroatoms. The topological polar surface area (TPSA) is 127 Å². The van der Waals surface area contributed by atoms with Crippen LogP contribution in [0.15, 0.2) is 40.1 Å². The third-order valence-electron chi connectivity index (χ3n) is 5.50. The van der Waals surface area contributed by atoms with Crippen molar-refractivity contribution in [3.8, 4) is 0 Å². The molecule has 3 aliphatic heterocycles. The normalized spacial score (nSPS) is 29.6. The average molecular weight is 417 g/mol. The van der Waals surface area contributed by atoms with Crippen LogP contribution in [0.4, 0.5) is 5.69 Å². The number of carbonyl (C=O) groups excluding carboxylic acids is 1. The predicted molar refractivity (Wildman–Crippen MR) is 109 cm³/mol. The highest BCUT2D eigenvalue weighted by Crippen LogP contribution is 2.51. The zero-order valence-electron chi connectivity index (χ0n) is 16.1. The predicted octanol–water partition coefficient (Wildman–Crippen LogP) is 0.708. The molecule has 0 spiro atoms. The lowest BCUT2D eigenvalue weighted by Crippen LogP contribution is -2.63. The Morgan fingerprint density at radius 1 is 1.41 bits per heavy atom. The van der Waals surface area contributed by atoms with E-state index in [0.29, 0.717) is 24.0 Å². The standard InChI is InChI=1S/C19H23N5O4S/c1-9-14-13(10(2)25)17(26)24(14)15(18(27)28)16(9)29-12-7-21-19(22-8-12)23-11-3-5-20-6-4-11/h3-6,9-10,12-14,25H,7-8H2,1-2H3,(H,27,28)(H2,20,21,22,23)/t9-,10-,13-,14-/m1/s1. The number of carbonyl (C=O) groups is 2. The lowest BCUT2D eigenvalue weighted by molar-refractivity contribution is -0.163. The van der Waals surface area contributed by atoms with Gasteiger partial charge in [0.25, 0.3) is 0 Å². The number of amides is 1. The fourth-order valence-electron chi connectivity index (χ4n) is 4.12. The third kappa shape index (κ3) is 3.46. The summed E-state index contributed by atoms with van der Waals surface area (Å²) in [5.41, 5.74) is 0.934. The zero-order valence-corrected chi connectivity index (χ0v) is 16.9. The van der Waals surface area contributed by atoms with Gasteiger partial charge in [0.1, 0.15) is 5.70 Å². The largest absolute Gasteiger partial charge is 0.477 e. The summed E-state index contributed by atoms with van der Waals surface area (Å²) < 4.78 is 0. The number of hydrogen-bond donors (Lipinski definition) is 4. The number of aliphatic imine (C=N–C) groups is 1. The summed E-state index contributed by atoms with van der Waals surface area (Å²) >= 11 is 1.46. The van der Waals surface area contributed by atoms with Gasteiger partial charge in [0.15, 0.2) is 5.96 Å². The maximum absolute atomic E-state index is 12.4. The van der Waals surface area contributed by atoms with E-state index in [2.05, 4.69) is 20.6 Å². The number of hydrogen-bond acceptors (Lipinski definition) is 8. The van der Waals surface area contributed by atoms with E-state index in [1.54, 1.807) is 19.3 Å². The molecule has 4 heterocycles. The lowest BCUT2D eigenvalue weighted by atomic mass is 9.79. The molecule has 0 aliphatic carbocycles. The molecule has 5 atom stereocenters. The van der Waals surface area contributed by atoms with E-state index in [1.807, 2.05) is 19.1 Å². The van der Waals surface area contributed by atoms with Gasteiger partial charge in [-0.25, -0.2) is 4.79 Å². The minimum Gasteiger partial charge on any atom is -0.477 e. The number of aliphatic hydroxyl groups excluding tert-OH is 1. The van der Waals surface area contributed by atoms with Crippen LogP contribution >= 0.6 is 11.8 Å². The average Bonchev–Trinajstić information content (AvgIpc) is 2.93. The molecule has 1 unspecified atom stereocenters. The van der Waals surface area contributed by atoms with E-state index >= 15 is 0 Å². The minimum atomic E-state index is -1.11. The summed E-state index contributed by atoms with van der Waals surface area (Å²) in [6, 6.07) is 3.39. The summed E-state index contributed by atoms with van der Waals surface area (Å²) in [6.45, 7) is 4.64. The van der Waals surface area contributed by atoms with Crippen molar-refractivity contribution in [1.82, 2.24) is 15.2 Å². The molecule has 4 rings (SSSR count). The highest BCUT2D eigenvalue weighted by atomic mass is 32.2. The van der Waals surface area contributed by atoms with Crippen molar-refractivity contribution < 1.29 is 19.8 Å². The molecule has 3 aliphatic rings. The Bertz CT molecular complexity index is 888. The van der Waals surface area contributed by atoms with Gasteiger partial charge in [0, 0.05) is 40.7 Å². The van der Waals surface area contributed by atoms with Crippen LogP contribution in [-0.2, 0) is 9.59 Å². The van der Waals surface area contributed by atoms with Crippen LogP contribution in [0, 0.1) is 11.8 Å². The summed E-state index contributed by atoms with van der Waals surface area (Å²) in [6.07, 6.45) is 2.59. The first-order valence-corrected chi connectivity index (χ1v) is 10.4. The highest BCUT2D eigenvalue weighted by Gasteiger charge is 2.60. The number of guanidine groups is 1. The SMILES string of the molecule is C[C@@H](O)[C@H]1C(=O)N2C(C(=O)O)=C(SC3CN=C(Nc4ccncc4)NC3)[C@H](C)[C@H]12. The van der Waals surface area contributed by atoms with Crippen LogP contribution in [0.5, 0.6) is 0 Å². The van der Waals surface area contributed by atoms with Crippen LogP contribution in [0.1, 0.15) is 13.8 Å². The van der Waals surface area contributed by atoms with Crippen molar-refractivity contribution in [3.05, 3.63) is 35.1 Å². The van der Waals surface area contributed by atoms with Crippen molar-refractivity contribution in [2.24, 2.45) is 16.8 Å². The Kier molecular flexibility index (Phi) is 5.22. The molecule has 154 valence electrons. The van der Waals surface area contributed by atoms with Crippen LogP contribution in [0.25, 0.3) is 0 Å². The minimum absolute atomic E-state index is 0.0450. The second-order valence-corrected chi connectivity index (χ2v) is 8.79. The Balaban J connectivity index is 1.46. The lowest BCUT2D eigenvalue weighted by Gasteiger charge is -2.46. The molecule has 1 aromatic rings. The zero-order chi connectivity index (χ0) is 20.7. The van der Waals surface area contributed by atoms with E-state index in [-0.39, 0.29) is 28.8 Å². The van der Waals surface area contributed by atoms with Crippen molar-refractivity contribution in [2.75, 3.05) is 18.4 Å². The quantitative estimate of drug-likeness (QED) is 0.516. The maximum atomic E-state index is 12.4. The molecule has 29 heavy (non-hydrogen) atoms. The smallest absolute Gasteiger partial charge is 0.353 e. The van der Waals surface area contributed by atoms with Gasteiger partial charge in [0.05, 0.1) is 24.6 Å². The van der Waals surface area contributed by atoms with E-state index in [4.69, 9.17) is 0 Å². The van der Waals surface area contributed by atoms with Gasteiger partial charge in [0.2, 0.25) is 5.91 Å². The Hall–Kier alpha value is -2.59. The number of aliphatic hydroxyl groups is 1. The summed E-state index contributed by atoms with van der Waals surface area (Å²) in [7, 11) is 0. The first-order valence-electron chi connectivity index (χ1n) is 9.49. The van der Waals surface area contributed by atoms with E-state index < -0.39 is 18.0 Å². The Morgan fingerprint density at radius 3 is 2.72 bits per heavy atom. The van der Waals surface area contributed by atoms with Crippen LogP contribution in [0.2, 0.25) is 0 Å². The number of carboxylic acids is 1. The number of carboxylic acid groups (broad SMARTS) is 1.